The highest BCUT2D eigenvalue weighted by molar-refractivity contribution is 8.02. The number of thioether (sulfide) groups is 1. The molecule has 0 aliphatic carbocycles. The lowest BCUT2D eigenvalue weighted by molar-refractivity contribution is -0.115. The van der Waals surface area contributed by atoms with Crippen molar-refractivity contribution in [1.82, 2.24) is 10.2 Å². The van der Waals surface area contributed by atoms with E-state index in [9.17, 15) is 4.79 Å². The van der Waals surface area contributed by atoms with E-state index in [4.69, 9.17) is 11.6 Å². The highest BCUT2D eigenvalue weighted by Gasteiger charge is 2.18. The zero-order valence-electron chi connectivity index (χ0n) is 13.0. The second kappa shape index (κ2) is 9.10. The molecule has 0 bridgehead atoms. The normalized spacial score (nSPS) is 12.0. The Labute approximate surface area is 149 Å². The van der Waals surface area contributed by atoms with E-state index in [2.05, 4.69) is 27.8 Å². The monoisotopic (exact) mass is 370 g/mol. The Morgan fingerprint density at radius 3 is 2.91 bits per heavy atom. The first kappa shape index (κ1) is 18.0. The van der Waals surface area contributed by atoms with Crippen molar-refractivity contribution in [1.29, 1.82) is 0 Å². The van der Waals surface area contributed by atoms with Gasteiger partial charge in [-0.2, -0.15) is 0 Å². The summed E-state index contributed by atoms with van der Waals surface area (Å²) in [7, 11) is 0. The molecule has 0 unspecified atom stereocenters. The zero-order chi connectivity index (χ0) is 16.7. The molecule has 23 heavy (non-hydrogen) atoms. The van der Waals surface area contributed by atoms with Crippen LogP contribution in [0.3, 0.4) is 0 Å². The van der Waals surface area contributed by atoms with Gasteiger partial charge in [-0.25, -0.2) is 0 Å². The summed E-state index contributed by atoms with van der Waals surface area (Å²) in [6.45, 7) is 4.86. The number of hydrogen-bond donors (Lipinski definition) is 2. The van der Waals surface area contributed by atoms with E-state index in [1.54, 1.807) is 12.1 Å². The van der Waals surface area contributed by atoms with E-state index in [0.717, 1.165) is 28.9 Å². The summed E-state index contributed by atoms with van der Waals surface area (Å²) in [5.74, 6) is -0.112. The number of para-hydroxylation sites is 1. The molecular formula is C15H19ClN4OS2. The molecule has 124 valence electrons. The first-order valence-electron chi connectivity index (χ1n) is 7.39. The van der Waals surface area contributed by atoms with Gasteiger partial charge in [-0.1, -0.05) is 60.2 Å². The minimum Gasteiger partial charge on any atom is -0.360 e. The van der Waals surface area contributed by atoms with Gasteiger partial charge in [-0.05, 0) is 25.5 Å². The number of rotatable bonds is 8. The van der Waals surface area contributed by atoms with E-state index < -0.39 is 0 Å². The minimum atomic E-state index is -0.289. The molecule has 1 aromatic heterocycles. The summed E-state index contributed by atoms with van der Waals surface area (Å²) in [5, 5.41) is 15.3. The molecule has 2 aromatic rings. The number of anilines is 2. The predicted molar refractivity (Wildman–Crippen MR) is 98.7 cm³/mol. The highest BCUT2D eigenvalue weighted by Crippen LogP contribution is 2.30. The lowest BCUT2D eigenvalue weighted by atomic mass is 10.3. The van der Waals surface area contributed by atoms with E-state index in [1.807, 2.05) is 19.1 Å². The van der Waals surface area contributed by atoms with Gasteiger partial charge in [0, 0.05) is 6.54 Å². The van der Waals surface area contributed by atoms with E-state index in [0.29, 0.717) is 10.7 Å². The number of unbranched alkanes of at least 4 members (excludes halogenated alkanes) is 1. The molecule has 8 heteroatoms. The quantitative estimate of drug-likeness (QED) is 0.528. The van der Waals surface area contributed by atoms with Crippen LogP contribution in [-0.2, 0) is 4.79 Å². The van der Waals surface area contributed by atoms with Gasteiger partial charge in [0.05, 0.1) is 16.0 Å². The van der Waals surface area contributed by atoms with Crippen LogP contribution in [0.5, 0.6) is 0 Å². The molecule has 1 aromatic carbocycles. The first-order chi connectivity index (χ1) is 11.1. The van der Waals surface area contributed by atoms with Gasteiger partial charge < -0.3 is 10.6 Å². The standard InChI is InChI=1S/C15H19ClN4OS2/c1-3-4-9-17-14-19-20-15(23-14)22-10(2)13(21)18-12-8-6-5-7-11(12)16/h5-8,10H,3-4,9H2,1-2H3,(H,17,19)(H,18,21)/t10-/m1/s1. The van der Waals surface area contributed by atoms with E-state index in [-0.39, 0.29) is 11.2 Å². The molecule has 0 radical (unpaired) electrons. The summed E-state index contributed by atoms with van der Waals surface area (Å²) in [4.78, 5) is 12.2. The molecule has 0 fully saturated rings. The number of nitrogens with one attached hydrogen (secondary N) is 2. The SMILES string of the molecule is CCCCNc1nnc(S[C@H](C)C(=O)Nc2ccccc2Cl)s1. The molecule has 0 aliphatic heterocycles. The molecule has 1 atom stereocenters. The Bertz CT molecular complexity index is 650. The number of carbonyl (C=O) groups is 1. The van der Waals surface area contributed by atoms with Crippen LogP contribution in [-0.4, -0.2) is 27.9 Å². The Kier molecular flexibility index (Phi) is 7.14. The smallest absolute Gasteiger partial charge is 0.237 e. The lowest BCUT2D eigenvalue weighted by Crippen LogP contribution is -2.22. The van der Waals surface area contributed by atoms with Crippen LogP contribution in [0.1, 0.15) is 26.7 Å². The maximum atomic E-state index is 12.2. The Morgan fingerprint density at radius 2 is 2.17 bits per heavy atom. The van der Waals surface area contributed by atoms with Crippen molar-refractivity contribution < 1.29 is 4.79 Å². The average molecular weight is 371 g/mol. The van der Waals surface area contributed by atoms with Crippen LogP contribution in [0.2, 0.25) is 5.02 Å². The molecular weight excluding hydrogens is 352 g/mol. The number of halogens is 1. The van der Waals surface area contributed by atoms with Crippen LogP contribution in [0, 0.1) is 0 Å². The summed E-state index contributed by atoms with van der Waals surface area (Å²) >= 11 is 8.90. The largest absolute Gasteiger partial charge is 0.360 e. The van der Waals surface area contributed by atoms with Gasteiger partial charge in [0.1, 0.15) is 0 Å². The van der Waals surface area contributed by atoms with Crippen molar-refractivity contribution in [2.75, 3.05) is 17.2 Å². The van der Waals surface area contributed by atoms with Gasteiger partial charge in [0.15, 0.2) is 4.34 Å². The number of nitrogens with zero attached hydrogens (tertiary/aromatic N) is 2. The fraction of sp³-hybridized carbons (Fsp3) is 0.400. The van der Waals surface area contributed by atoms with Crippen molar-refractivity contribution in [3.8, 4) is 0 Å². The maximum Gasteiger partial charge on any atom is 0.237 e. The number of benzene rings is 1. The van der Waals surface area contributed by atoms with Crippen molar-refractivity contribution in [3.63, 3.8) is 0 Å². The summed E-state index contributed by atoms with van der Waals surface area (Å²) in [6, 6.07) is 7.18. The van der Waals surface area contributed by atoms with Crippen molar-refractivity contribution in [2.45, 2.75) is 36.3 Å². The van der Waals surface area contributed by atoms with Crippen molar-refractivity contribution in [2.24, 2.45) is 0 Å². The van der Waals surface area contributed by atoms with Crippen LogP contribution < -0.4 is 10.6 Å². The molecule has 0 saturated heterocycles. The first-order valence-corrected chi connectivity index (χ1v) is 9.47. The summed E-state index contributed by atoms with van der Waals surface area (Å²) in [6.07, 6.45) is 2.23. The maximum absolute atomic E-state index is 12.2. The molecule has 2 rings (SSSR count). The van der Waals surface area contributed by atoms with Gasteiger partial charge in [-0.15, -0.1) is 10.2 Å². The van der Waals surface area contributed by atoms with Crippen LogP contribution in [0.25, 0.3) is 0 Å². The molecule has 1 heterocycles. The number of carbonyl (C=O) groups excluding carboxylic acids is 1. The second-order valence-electron chi connectivity index (χ2n) is 4.88. The Morgan fingerprint density at radius 1 is 1.39 bits per heavy atom. The van der Waals surface area contributed by atoms with Crippen LogP contribution in [0.4, 0.5) is 10.8 Å². The third-order valence-electron chi connectivity index (χ3n) is 2.99. The third kappa shape index (κ3) is 5.67. The number of amides is 1. The molecule has 2 N–H and O–H groups in total. The minimum absolute atomic E-state index is 0.112. The molecule has 5 nitrogen and oxygen atoms in total. The number of aromatic nitrogens is 2. The molecule has 0 saturated carbocycles. The van der Waals surface area contributed by atoms with Crippen molar-refractivity contribution >= 4 is 51.4 Å². The summed E-state index contributed by atoms with van der Waals surface area (Å²) < 4.78 is 0.769. The molecule has 0 spiro atoms. The summed E-state index contributed by atoms with van der Waals surface area (Å²) in [5.41, 5.74) is 0.616. The highest BCUT2D eigenvalue weighted by atomic mass is 35.5. The fourth-order valence-corrected chi connectivity index (χ4v) is 3.81. The van der Waals surface area contributed by atoms with Crippen LogP contribution in [0.15, 0.2) is 28.6 Å². The second-order valence-corrected chi connectivity index (χ2v) is 7.86. The van der Waals surface area contributed by atoms with Crippen molar-refractivity contribution in [3.05, 3.63) is 29.3 Å². The topological polar surface area (TPSA) is 66.9 Å². The zero-order valence-corrected chi connectivity index (χ0v) is 15.4. The van der Waals surface area contributed by atoms with Crippen LogP contribution >= 0.6 is 34.7 Å². The van der Waals surface area contributed by atoms with Gasteiger partial charge in [0.2, 0.25) is 11.0 Å². The Hall–Kier alpha value is -1.31. The van der Waals surface area contributed by atoms with E-state index in [1.165, 1.54) is 23.1 Å². The Balaban J connectivity index is 1.87. The average Bonchev–Trinajstić information content (AvgIpc) is 2.97. The fourth-order valence-electron chi connectivity index (χ4n) is 1.70. The predicted octanol–water partition coefficient (Wildman–Crippen LogP) is 4.52. The lowest BCUT2D eigenvalue weighted by Gasteiger charge is -2.11. The third-order valence-corrected chi connectivity index (χ3v) is 5.39. The van der Waals surface area contributed by atoms with Gasteiger partial charge >= 0.3 is 0 Å². The molecule has 0 aliphatic rings. The van der Waals surface area contributed by atoms with E-state index >= 15 is 0 Å². The van der Waals surface area contributed by atoms with Gasteiger partial charge in [-0.3, -0.25) is 4.79 Å². The molecule has 1 amide bonds. The number of hydrogen-bond acceptors (Lipinski definition) is 6. The van der Waals surface area contributed by atoms with Gasteiger partial charge in [0.25, 0.3) is 0 Å².